The monoisotopic (exact) mass is 624 g/mol. The van der Waals surface area contributed by atoms with Crippen LogP contribution in [0.3, 0.4) is 0 Å². The summed E-state index contributed by atoms with van der Waals surface area (Å²) in [6.07, 6.45) is 5.21. The average molecular weight is 625 g/mol. The number of thiazole rings is 2. The highest BCUT2D eigenvalue weighted by molar-refractivity contribution is 7.23. The molecule has 0 unspecified atom stereocenters. The fourth-order valence-electron chi connectivity index (χ4n) is 4.66. The molecular formula is C32H28N6O4S2. The number of nitrogens with zero attached hydrogens (tertiary/aromatic N) is 2. The first-order valence-corrected chi connectivity index (χ1v) is 15.1. The van der Waals surface area contributed by atoms with E-state index in [9.17, 15) is 4.79 Å². The summed E-state index contributed by atoms with van der Waals surface area (Å²) in [7, 11) is 4.68. The van der Waals surface area contributed by atoms with Crippen LogP contribution >= 0.6 is 22.7 Å². The van der Waals surface area contributed by atoms with Crippen LogP contribution in [0.15, 0.2) is 78.3 Å². The lowest BCUT2D eigenvalue weighted by Crippen LogP contribution is -2.07. The molecule has 10 nitrogen and oxygen atoms in total. The minimum Gasteiger partial charge on any atom is -0.493 e. The number of nitrogens with two attached hydrogens (primary N) is 1. The summed E-state index contributed by atoms with van der Waals surface area (Å²) < 4.78 is 16.3. The third-order valence-corrected chi connectivity index (χ3v) is 8.71. The summed E-state index contributed by atoms with van der Waals surface area (Å²) in [5.41, 5.74) is 11.3. The number of nitrogen functional groups attached to an aromatic ring is 1. The molecule has 3 aromatic carbocycles. The Labute approximate surface area is 261 Å². The smallest absolute Gasteiger partial charge is 0.248 e. The Morgan fingerprint density at radius 1 is 0.955 bits per heavy atom. The number of carbonyl (C=O) groups is 1. The highest BCUT2D eigenvalue weighted by Gasteiger charge is 2.18. The molecule has 0 aliphatic carbocycles. The van der Waals surface area contributed by atoms with E-state index in [1.807, 2.05) is 60.1 Å². The summed E-state index contributed by atoms with van der Waals surface area (Å²) in [5, 5.41) is 10.6. The van der Waals surface area contributed by atoms with E-state index in [0.29, 0.717) is 39.6 Å². The molecule has 44 heavy (non-hydrogen) atoms. The summed E-state index contributed by atoms with van der Waals surface area (Å²) >= 11 is 2.86. The maximum Gasteiger partial charge on any atom is 0.248 e. The van der Waals surface area contributed by atoms with Crippen LogP contribution in [0.5, 0.6) is 17.2 Å². The van der Waals surface area contributed by atoms with Gasteiger partial charge in [0, 0.05) is 57.6 Å². The van der Waals surface area contributed by atoms with Gasteiger partial charge >= 0.3 is 0 Å². The van der Waals surface area contributed by atoms with E-state index in [1.54, 1.807) is 39.5 Å². The molecule has 6 aromatic rings. The van der Waals surface area contributed by atoms with E-state index in [0.717, 1.165) is 37.6 Å². The lowest BCUT2D eigenvalue weighted by atomic mass is 10.1. The van der Waals surface area contributed by atoms with Crippen molar-refractivity contribution in [3.8, 4) is 38.4 Å². The number of hydrogen-bond donors (Lipinski definition) is 4. The van der Waals surface area contributed by atoms with Crippen LogP contribution in [-0.2, 0) is 4.79 Å². The van der Waals surface area contributed by atoms with Crippen LogP contribution in [0.2, 0.25) is 0 Å². The molecule has 0 aliphatic heterocycles. The Kier molecular flexibility index (Phi) is 8.17. The molecular weight excluding hydrogens is 597 g/mol. The predicted molar refractivity (Wildman–Crippen MR) is 178 cm³/mol. The summed E-state index contributed by atoms with van der Waals surface area (Å²) in [6.45, 7) is 0. The van der Waals surface area contributed by atoms with Gasteiger partial charge in [0.2, 0.25) is 11.7 Å². The van der Waals surface area contributed by atoms with E-state index in [2.05, 4.69) is 20.6 Å². The van der Waals surface area contributed by atoms with Crippen LogP contribution in [0.25, 0.3) is 38.1 Å². The molecule has 0 bridgehead atoms. The molecule has 222 valence electrons. The van der Waals surface area contributed by atoms with Crippen LogP contribution < -0.4 is 30.6 Å². The van der Waals surface area contributed by atoms with Crippen molar-refractivity contribution in [3.05, 3.63) is 83.9 Å². The number of fused-ring (bicyclic) bond motifs is 1. The van der Waals surface area contributed by atoms with E-state index in [4.69, 9.17) is 24.9 Å². The minimum absolute atomic E-state index is 0.226. The molecule has 3 aromatic heterocycles. The Balaban J connectivity index is 1.16. The Hall–Kier alpha value is -5.33. The van der Waals surface area contributed by atoms with Gasteiger partial charge in [-0.25, -0.2) is 9.97 Å². The maximum atomic E-state index is 12.7. The first kappa shape index (κ1) is 28.8. The van der Waals surface area contributed by atoms with Crippen molar-refractivity contribution in [2.75, 3.05) is 37.7 Å². The van der Waals surface area contributed by atoms with Gasteiger partial charge in [0.1, 0.15) is 15.7 Å². The Bertz CT molecular complexity index is 1970. The van der Waals surface area contributed by atoms with Gasteiger partial charge in [-0.1, -0.05) is 41.7 Å². The highest BCUT2D eigenvalue weighted by Crippen LogP contribution is 2.43. The number of anilines is 4. The van der Waals surface area contributed by atoms with Gasteiger partial charge in [0.05, 0.1) is 27.0 Å². The topological polar surface area (TPSA) is 136 Å². The number of H-pyrrole nitrogens is 1. The Morgan fingerprint density at radius 3 is 2.52 bits per heavy atom. The fraction of sp³-hybridized carbons (Fsp3) is 0.0938. The number of benzene rings is 3. The number of hydrogen-bond acceptors (Lipinski definition) is 10. The molecule has 0 atom stereocenters. The zero-order valence-corrected chi connectivity index (χ0v) is 25.6. The van der Waals surface area contributed by atoms with E-state index in [-0.39, 0.29) is 5.91 Å². The van der Waals surface area contributed by atoms with Gasteiger partial charge < -0.3 is 35.6 Å². The van der Waals surface area contributed by atoms with Crippen molar-refractivity contribution in [2.45, 2.75) is 0 Å². The molecule has 3 heterocycles. The van der Waals surface area contributed by atoms with Crippen LogP contribution in [-0.4, -0.2) is 42.2 Å². The van der Waals surface area contributed by atoms with Crippen LogP contribution in [0.4, 0.5) is 22.3 Å². The first-order valence-electron chi connectivity index (χ1n) is 13.4. The zero-order valence-electron chi connectivity index (χ0n) is 24.0. The second-order valence-corrected chi connectivity index (χ2v) is 11.4. The molecule has 0 radical (unpaired) electrons. The number of rotatable bonds is 10. The molecule has 0 fully saturated rings. The molecule has 5 N–H and O–H groups in total. The minimum atomic E-state index is -0.226. The van der Waals surface area contributed by atoms with Gasteiger partial charge in [-0.3, -0.25) is 4.79 Å². The third kappa shape index (κ3) is 5.93. The second kappa shape index (κ2) is 12.5. The van der Waals surface area contributed by atoms with Crippen molar-refractivity contribution in [1.82, 2.24) is 15.0 Å². The number of aromatic amines is 1. The summed E-state index contributed by atoms with van der Waals surface area (Å²) in [4.78, 5) is 26.0. The normalized spacial score (nSPS) is 11.2. The number of amides is 1. The largest absolute Gasteiger partial charge is 0.493 e. The number of nitrogens with one attached hydrogen (secondary N) is 3. The van der Waals surface area contributed by atoms with Gasteiger partial charge in [-0.05, 0) is 29.8 Å². The van der Waals surface area contributed by atoms with E-state index in [1.165, 1.54) is 28.7 Å². The molecule has 0 spiro atoms. The summed E-state index contributed by atoms with van der Waals surface area (Å²) in [6, 6.07) is 19.1. The van der Waals surface area contributed by atoms with E-state index < -0.39 is 0 Å². The molecule has 1 amide bonds. The number of methoxy groups -OCH3 is 3. The predicted octanol–water partition coefficient (Wildman–Crippen LogP) is 7.42. The van der Waals surface area contributed by atoms with Crippen LogP contribution in [0, 0.1) is 0 Å². The van der Waals surface area contributed by atoms with Crippen LogP contribution in [0.1, 0.15) is 5.56 Å². The third-order valence-electron chi connectivity index (χ3n) is 6.73. The van der Waals surface area contributed by atoms with E-state index >= 15 is 0 Å². The number of ether oxygens (including phenoxy) is 3. The first-order chi connectivity index (χ1) is 21.4. The number of carbonyl (C=O) groups excluding carboxylic acids is 1. The lowest BCUT2D eigenvalue weighted by molar-refractivity contribution is -0.111. The Morgan fingerprint density at radius 2 is 1.75 bits per heavy atom. The van der Waals surface area contributed by atoms with Crippen molar-refractivity contribution >= 4 is 67.9 Å². The van der Waals surface area contributed by atoms with Gasteiger partial charge in [0.15, 0.2) is 16.6 Å². The van der Waals surface area contributed by atoms with Crippen molar-refractivity contribution in [1.29, 1.82) is 0 Å². The average Bonchev–Trinajstić information content (AvgIpc) is 3.78. The number of aromatic nitrogens is 3. The highest BCUT2D eigenvalue weighted by atomic mass is 32.1. The molecule has 0 saturated heterocycles. The van der Waals surface area contributed by atoms with Gasteiger partial charge in [0.25, 0.3) is 0 Å². The van der Waals surface area contributed by atoms with Crippen molar-refractivity contribution in [3.63, 3.8) is 0 Å². The maximum absolute atomic E-state index is 12.7. The zero-order chi connectivity index (χ0) is 30.6. The molecule has 12 heteroatoms. The molecule has 0 aliphatic rings. The second-order valence-electron chi connectivity index (χ2n) is 9.50. The standard InChI is InChI=1S/C32H28N6O4S2/c1-40-25-14-21(15-26(41-2)28(25)42-3)36-32-38-30(33)29(44-32)31-37-24(17-43-31)18-7-6-8-20(13-18)35-27(39)12-11-19-16-34-23-10-5-4-9-22(19)23/h4-17,34H,33H2,1-3H3,(H,35,39)(H,36,38). The fourth-order valence-corrected chi connectivity index (χ4v) is 6.50. The van der Waals surface area contributed by atoms with Crippen molar-refractivity contribution in [2.24, 2.45) is 0 Å². The lowest BCUT2D eigenvalue weighted by Gasteiger charge is -2.14. The number of para-hydroxylation sites is 1. The van der Waals surface area contributed by atoms with Gasteiger partial charge in [-0.2, -0.15) is 0 Å². The summed E-state index contributed by atoms with van der Waals surface area (Å²) in [5.74, 6) is 1.69. The SMILES string of the molecule is COc1cc(Nc2nc(N)c(-c3nc(-c4cccc(NC(=O)C=Cc5c[nH]c6ccccc56)c4)cs3)s2)cc(OC)c1OC. The quantitative estimate of drug-likeness (QED) is 0.116. The molecule has 6 rings (SSSR count). The van der Waals surface area contributed by atoms with Gasteiger partial charge in [-0.15, -0.1) is 11.3 Å². The van der Waals surface area contributed by atoms with Crippen molar-refractivity contribution < 1.29 is 19.0 Å². The molecule has 0 saturated carbocycles.